The number of aryl methyl sites for hydroxylation is 1. The summed E-state index contributed by atoms with van der Waals surface area (Å²) in [5, 5.41) is 8.34. The quantitative estimate of drug-likeness (QED) is 0.936. The topological polar surface area (TPSA) is 50.2 Å². The fourth-order valence-corrected chi connectivity index (χ4v) is 3.23. The zero-order valence-electron chi connectivity index (χ0n) is 13.4. The highest BCUT2D eigenvalue weighted by atomic mass is 35.5. The molecule has 23 heavy (non-hydrogen) atoms. The molecule has 1 aliphatic rings. The minimum atomic E-state index is 0.0699. The summed E-state index contributed by atoms with van der Waals surface area (Å²) >= 11 is 5.92. The molecule has 2 heterocycles. The first-order valence-corrected chi connectivity index (χ1v) is 8.25. The molecule has 6 heteroatoms. The summed E-state index contributed by atoms with van der Waals surface area (Å²) in [6, 6.07) is 7.69. The Bertz CT molecular complexity index is 695. The van der Waals surface area contributed by atoms with Crippen LogP contribution in [-0.2, 0) is 0 Å². The smallest absolute Gasteiger partial charge is 0.257 e. The van der Waals surface area contributed by atoms with Crippen molar-refractivity contribution < 1.29 is 4.79 Å². The number of nitrogens with zero attached hydrogens (tertiary/aromatic N) is 3. The zero-order valence-corrected chi connectivity index (χ0v) is 14.2. The Morgan fingerprint density at radius 1 is 1.39 bits per heavy atom. The number of aromatic nitrogens is 2. The van der Waals surface area contributed by atoms with Gasteiger partial charge in [-0.3, -0.25) is 4.79 Å². The van der Waals surface area contributed by atoms with Gasteiger partial charge in [0.25, 0.3) is 5.91 Å². The number of carbonyl (C=O) groups excluding carboxylic acids is 1. The molecule has 1 saturated heterocycles. The summed E-state index contributed by atoms with van der Waals surface area (Å²) in [5.41, 5.74) is 2.31. The number of nitrogens with one attached hydrogen (secondary N) is 1. The van der Waals surface area contributed by atoms with Gasteiger partial charge in [0, 0.05) is 30.4 Å². The molecule has 1 aromatic carbocycles. The lowest BCUT2D eigenvalue weighted by Gasteiger charge is -2.24. The normalized spacial score (nSPS) is 17.7. The number of hydrogen-bond acceptors (Lipinski definition) is 3. The molecule has 1 aromatic heterocycles. The number of likely N-dealkylation sites (N-methyl/N-ethyl adjacent to an activating group) is 1. The van der Waals surface area contributed by atoms with E-state index in [9.17, 15) is 4.79 Å². The van der Waals surface area contributed by atoms with Crippen molar-refractivity contribution in [3.63, 3.8) is 0 Å². The van der Waals surface area contributed by atoms with Gasteiger partial charge in [0.1, 0.15) is 0 Å². The molecule has 0 unspecified atom stereocenters. The van der Waals surface area contributed by atoms with E-state index in [-0.39, 0.29) is 11.9 Å². The fourth-order valence-electron chi connectivity index (χ4n) is 3.10. The van der Waals surface area contributed by atoms with Gasteiger partial charge in [-0.05, 0) is 51.1 Å². The van der Waals surface area contributed by atoms with Crippen molar-refractivity contribution in [3.8, 4) is 5.69 Å². The number of rotatable bonds is 4. The second kappa shape index (κ2) is 6.72. The summed E-state index contributed by atoms with van der Waals surface area (Å²) in [6.45, 7) is 3.52. The standard InChI is InChI=1S/C17H21ClN4O/c1-12-16(17(23)21-9-3-4-15(21)10-19-2)11-22(20-12)14-7-5-13(18)6-8-14/h5-8,11,15,19H,3-4,9-10H2,1-2H3/t15-/m0/s1. The van der Waals surface area contributed by atoms with Crippen LogP contribution in [0.25, 0.3) is 5.69 Å². The molecule has 0 spiro atoms. The van der Waals surface area contributed by atoms with Gasteiger partial charge >= 0.3 is 0 Å². The van der Waals surface area contributed by atoms with Gasteiger partial charge in [0.05, 0.1) is 16.9 Å². The molecular weight excluding hydrogens is 312 g/mol. The molecule has 1 atom stereocenters. The highest BCUT2D eigenvalue weighted by Crippen LogP contribution is 2.22. The van der Waals surface area contributed by atoms with Gasteiger partial charge in [-0.15, -0.1) is 0 Å². The Hall–Kier alpha value is -1.85. The third kappa shape index (κ3) is 3.26. The third-order valence-corrected chi connectivity index (χ3v) is 4.55. The molecule has 0 aliphatic carbocycles. The maximum absolute atomic E-state index is 12.9. The van der Waals surface area contributed by atoms with Gasteiger partial charge in [-0.2, -0.15) is 5.10 Å². The second-order valence-electron chi connectivity index (χ2n) is 5.90. The van der Waals surface area contributed by atoms with Crippen molar-refractivity contribution in [1.82, 2.24) is 20.0 Å². The lowest BCUT2D eigenvalue weighted by Crippen LogP contribution is -2.40. The van der Waals surface area contributed by atoms with E-state index < -0.39 is 0 Å². The molecule has 1 N–H and O–H groups in total. The number of amides is 1. The summed E-state index contributed by atoms with van der Waals surface area (Å²) in [6.07, 6.45) is 3.93. The van der Waals surface area contributed by atoms with Crippen LogP contribution < -0.4 is 5.32 Å². The molecule has 3 rings (SSSR count). The van der Waals surface area contributed by atoms with Crippen LogP contribution in [0.1, 0.15) is 28.9 Å². The summed E-state index contributed by atoms with van der Waals surface area (Å²) in [7, 11) is 1.92. The molecule has 1 aliphatic heterocycles. The van der Waals surface area contributed by atoms with Gasteiger partial charge in [0.2, 0.25) is 0 Å². The minimum Gasteiger partial charge on any atom is -0.334 e. The Labute approximate surface area is 141 Å². The largest absolute Gasteiger partial charge is 0.334 e. The first-order valence-electron chi connectivity index (χ1n) is 7.88. The Kier molecular flexibility index (Phi) is 4.68. The van der Waals surface area contributed by atoms with Gasteiger partial charge in [-0.25, -0.2) is 4.68 Å². The van der Waals surface area contributed by atoms with Crippen LogP contribution in [0, 0.1) is 6.92 Å². The van der Waals surface area contributed by atoms with Gasteiger partial charge in [0.15, 0.2) is 0 Å². The van der Waals surface area contributed by atoms with Crippen LogP contribution in [0.2, 0.25) is 5.02 Å². The van der Waals surface area contributed by atoms with Crippen LogP contribution in [0.3, 0.4) is 0 Å². The van der Waals surface area contributed by atoms with E-state index in [1.807, 2.05) is 49.3 Å². The van der Waals surface area contributed by atoms with Crippen molar-refractivity contribution in [2.75, 3.05) is 20.1 Å². The number of halogens is 1. The Morgan fingerprint density at radius 2 is 2.13 bits per heavy atom. The van der Waals surface area contributed by atoms with E-state index >= 15 is 0 Å². The molecule has 1 amide bonds. The second-order valence-corrected chi connectivity index (χ2v) is 6.34. The highest BCUT2D eigenvalue weighted by molar-refractivity contribution is 6.30. The molecule has 0 radical (unpaired) electrons. The number of hydrogen-bond donors (Lipinski definition) is 1. The SMILES string of the molecule is CNC[C@@H]1CCCN1C(=O)c1cn(-c2ccc(Cl)cc2)nc1C. The van der Waals surface area contributed by atoms with Crippen LogP contribution in [0.4, 0.5) is 0 Å². The fraction of sp³-hybridized carbons (Fsp3) is 0.412. The first-order chi connectivity index (χ1) is 11.1. The molecule has 0 saturated carbocycles. The van der Waals surface area contributed by atoms with Crippen LogP contribution in [-0.4, -0.2) is 46.8 Å². The lowest BCUT2D eigenvalue weighted by molar-refractivity contribution is 0.0736. The Morgan fingerprint density at radius 3 is 2.83 bits per heavy atom. The van der Waals surface area contributed by atoms with Gasteiger partial charge in [-0.1, -0.05) is 11.6 Å². The monoisotopic (exact) mass is 332 g/mol. The van der Waals surface area contributed by atoms with E-state index in [0.717, 1.165) is 37.3 Å². The molecule has 0 bridgehead atoms. The van der Waals surface area contributed by atoms with Crippen molar-refractivity contribution in [3.05, 3.63) is 46.7 Å². The number of likely N-dealkylation sites (tertiary alicyclic amines) is 1. The minimum absolute atomic E-state index is 0.0699. The first kappa shape index (κ1) is 16.0. The number of carbonyl (C=O) groups is 1. The average Bonchev–Trinajstić information content (AvgIpc) is 3.15. The van der Waals surface area contributed by atoms with E-state index in [0.29, 0.717) is 10.6 Å². The van der Waals surface area contributed by atoms with Crippen molar-refractivity contribution in [1.29, 1.82) is 0 Å². The third-order valence-electron chi connectivity index (χ3n) is 4.30. The highest BCUT2D eigenvalue weighted by Gasteiger charge is 2.30. The molecule has 2 aromatic rings. The van der Waals surface area contributed by atoms with E-state index in [4.69, 9.17) is 11.6 Å². The zero-order chi connectivity index (χ0) is 16.4. The summed E-state index contributed by atoms with van der Waals surface area (Å²) in [5.74, 6) is 0.0699. The maximum atomic E-state index is 12.9. The summed E-state index contributed by atoms with van der Waals surface area (Å²) in [4.78, 5) is 14.8. The molecule has 1 fully saturated rings. The van der Waals surface area contributed by atoms with Crippen molar-refractivity contribution in [2.24, 2.45) is 0 Å². The van der Waals surface area contributed by atoms with Crippen LogP contribution >= 0.6 is 11.6 Å². The molecular formula is C17H21ClN4O. The van der Waals surface area contributed by atoms with Crippen molar-refractivity contribution in [2.45, 2.75) is 25.8 Å². The van der Waals surface area contributed by atoms with Crippen molar-refractivity contribution >= 4 is 17.5 Å². The van der Waals surface area contributed by atoms with Crippen LogP contribution in [0.15, 0.2) is 30.5 Å². The van der Waals surface area contributed by atoms with Crippen LogP contribution in [0.5, 0.6) is 0 Å². The molecule has 122 valence electrons. The average molecular weight is 333 g/mol. The molecule has 5 nitrogen and oxygen atoms in total. The van der Waals surface area contributed by atoms with E-state index in [1.165, 1.54) is 0 Å². The predicted molar refractivity (Wildman–Crippen MR) is 91.3 cm³/mol. The maximum Gasteiger partial charge on any atom is 0.257 e. The summed E-state index contributed by atoms with van der Waals surface area (Å²) < 4.78 is 1.74. The predicted octanol–water partition coefficient (Wildman–Crippen LogP) is 2.66. The Balaban J connectivity index is 1.85. The number of benzene rings is 1. The van der Waals surface area contributed by atoms with Gasteiger partial charge < -0.3 is 10.2 Å². The van der Waals surface area contributed by atoms with E-state index in [2.05, 4.69) is 10.4 Å². The lowest BCUT2D eigenvalue weighted by atomic mass is 10.2. The van der Waals surface area contributed by atoms with E-state index in [1.54, 1.807) is 4.68 Å².